The molecule has 0 unspecified atom stereocenters. The van der Waals surface area contributed by atoms with Crippen LogP contribution in [-0.2, 0) is 17.8 Å². The van der Waals surface area contributed by atoms with Crippen molar-refractivity contribution in [3.8, 4) is 11.3 Å². The van der Waals surface area contributed by atoms with Crippen LogP contribution in [0.3, 0.4) is 0 Å². The minimum atomic E-state index is -0.994. The van der Waals surface area contributed by atoms with Gasteiger partial charge in [-0.05, 0) is 35.2 Å². The van der Waals surface area contributed by atoms with Crippen LogP contribution in [-0.4, -0.2) is 15.0 Å². The molecule has 0 bridgehead atoms. The summed E-state index contributed by atoms with van der Waals surface area (Å²) < 4.78 is 13.1. The molecule has 3 aromatic rings. The summed E-state index contributed by atoms with van der Waals surface area (Å²) in [6.45, 7) is 0. The van der Waals surface area contributed by atoms with Crippen molar-refractivity contribution in [2.45, 2.75) is 4.90 Å². The van der Waals surface area contributed by atoms with E-state index in [2.05, 4.69) is 0 Å². The van der Waals surface area contributed by atoms with E-state index < -0.39 is 10.8 Å². The Balaban J connectivity index is 2.22. The number of hydrogen-bond donors (Lipinski definition) is 0. The van der Waals surface area contributed by atoms with Gasteiger partial charge in [0.2, 0.25) is 0 Å². The number of benzene rings is 2. The molecule has 21 heavy (non-hydrogen) atoms. The topological polar surface area (TPSA) is 39.1 Å². The Morgan fingerprint density at radius 2 is 1.67 bits per heavy atom. The second-order valence-corrected chi connectivity index (χ2v) is 6.34. The molecule has 0 radical (unpaired) electrons. The third-order valence-corrected chi connectivity index (χ3v) is 4.57. The van der Waals surface area contributed by atoms with Crippen LogP contribution >= 0.6 is 0 Å². The summed E-state index contributed by atoms with van der Waals surface area (Å²) in [4.78, 5) is 13.2. The second-order valence-electron chi connectivity index (χ2n) is 4.96. The van der Waals surface area contributed by atoms with Gasteiger partial charge in [-0.1, -0.05) is 30.3 Å². The van der Waals surface area contributed by atoms with Gasteiger partial charge in [-0.3, -0.25) is 9.00 Å². The van der Waals surface area contributed by atoms with E-state index in [1.807, 2.05) is 54.6 Å². The maximum absolute atomic E-state index is 12.4. The summed E-state index contributed by atoms with van der Waals surface area (Å²) in [6, 6.07) is 17.1. The van der Waals surface area contributed by atoms with Gasteiger partial charge in [0.05, 0.1) is 5.69 Å². The summed E-state index contributed by atoms with van der Waals surface area (Å²) in [5.41, 5.74) is 1.79. The van der Waals surface area contributed by atoms with Gasteiger partial charge in [-0.2, -0.15) is 0 Å². The normalized spacial score (nSPS) is 12.5. The Labute approximate surface area is 125 Å². The van der Waals surface area contributed by atoms with Crippen molar-refractivity contribution in [2.24, 2.45) is 7.05 Å². The third kappa shape index (κ3) is 2.43. The molecule has 4 heteroatoms. The summed E-state index contributed by atoms with van der Waals surface area (Å²) in [5.74, 6) is 0. The van der Waals surface area contributed by atoms with E-state index in [1.54, 1.807) is 17.9 Å². The predicted molar refractivity (Wildman–Crippen MR) is 87.0 cm³/mol. The van der Waals surface area contributed by atoms with E-state index >= 15 is 0 Å². The van der Waals surface area contributed by atoms with Crippen LogP contribution in [0, 0.1) is 0 Å². The zero-order valence-corrected chi connectivity index (χ0v) is 12.7. The standard InChI is InChI=1S/C17H15NO2S/c1-18-16(12-7-9-14(10-8-12)21(2)20)11-13-5-3-4-6-15(13)17(18)19/h3-11H,1-2H3/t21-/m1/s1. The van der Waals surface area contributed by atoms with E-state index in [0.717, 1.165) is 26.9 Å². The smallest absolute Gasteiger partial charge is 0.258 e. The molecule has 0 amide bonds. The lowest BCUT2D eigenvalue weighted by Crippen LogP contribution is -2.18. The minimum Gasteiger partial charge on any atom is -0.311 e. The van der Waals surface area contributed by atoms with Crippen LogP contribution in [0.4, 0.5) is 0 Å². The van der Waals surface area contributed by atoms with Gasteiger partial charge in [-0.15, -0.1) is 0 Å². The number of pyridine rings is 1. The molecule has 0 aliphatic rings. The Morgan fingerprint density at radius 1 is 1.00 bits per heavy atom. The molecule has 0 saturated heterocycles. The lowest BCUT2D eigenvalue weighted by atomic mass is 10.1. The fraction of sp³-hybridized carbons (Fsp3) is 0.118. The van der Waals surface area contributed by atoms with Crippen molar-refractivity contribution in [1.82, 2.24) is 4.57 Å². The zero-order chi connectivity index (χ0) is 15.0. The predicted octanol–water partition coefficient (Wildman–Crippen LogP) is 2.94. The number of fused-ring (bicyclic) bond motifs is 1. The molecule has 3 nitrogen and oxygen atoms in total. The van der Waals surface area contributed by atoms with Gasteiger partial charge in [-0.25, -0.2) is 0 Å². The van der Waals surface area contributed by atoms with Crippen molar-refractivity contribution in [1.29, 1.82) is 0 Å². The van der Waals surface area contributed by atoms with E-state index in [-0.39, 0.29) is 5.56 Å². The molecule has 0 spiro atoms. The molecule has 0 fully saturated rings. The highest BCUT2D eigenvalue weighted by atomic mass is 32.2. The van der Waals surface area contributed by atoms with E-state index in [4.69, 9.17) is 0 Å². The second kappa shape index (κ2) is 5.30. The summed E-state index contributed by atoms with van der Waals surface area (Å²) >= 11 is 0. The summed E-state index contributed by atoms with van der Waals surface area (Å²) in [6.07, 6.45) is 1.65. The van der Waals surface area contributed by atoms with Crippen LogP contribution < -0.4 is 5.56 Å². The van der Waals surface area contributed by atoms with E-state index in [1.165, 1.54) is 0 Å². The highest BCUT2D eigenvalue weighted by Crippen LogP contribution is 2.22. The summed E-state index contributed by atoms with van der Waals surface area (Å²) in [5, 5.41) is 1.65. The Hall–Kier alpha value is -2.20. The SMILES string of the molecule is Cn1c(-c2ccc([S@@](C)=O)cc2)cc2ccccc2c1=O. The van der Waals surface area contributed by atoms with Crippen molar-refractivity contribution < 1.29 is 4.21 Å². The Bertz CT molecular complexity index is 895. The van der Waals surface area contributed by atoms with Crippen molar-refractivity contribution in [2.75, 3.05) is 6.26 Å². The number of nitrogens with zero attached hydrogens (tertiary/aromatic N) is 1. The maximum atomic E-state index is 12.4. The average Bonchev–Trinajstić information content (AvgIpc) is 2.51. The highest BCUT2D eigenvalue weighted by molar-refractivity contribution is 7.84. The van der Waals surface area contributed by atoms with Gasteiger partial charge in [0.25, 0.3) is 5.56 Å². The van der Waals surface area contributed by atoms with Crippen LogP contribution in [0.25, 0.3) is 22.0 Å². The molecule has 106 valence electrons. The molecule has 0 N–H and O–H groups in total. The molecule has 0 saturated carbocycles. The van der Waals surface area contributed by atoms with E-state index in [9.17, 15) is 9.00 Å². The highest BCUT2D eigenvalue weighted by Gasteiger charge is 2.08. The molecule has 1 heterocycles. The first-order valence-electron chi connectivity index (χ1n) is 6.60. The molecule has 2 aromatic carbocycles. The largest absolute Gasteiger partial charge is 0.311 e. The molecule has 1 atom stereocenters. The van der Waals surface area contributed by atoms with Crippen LogP contribution in [0.1, 0.15) is 0 Å². The lowest BCUT2D eigenvalue weighted by Gasteiger charge is -2.11. The molecular weight excluding hydrogens is 282 g/mol. The first-order valence-corrected chi connectivity index (χ1v) is 8.16. The van der Waals surface area contributed by atoms with Crippen molar-refractivity contribution in [3.05, 3.63) is 65.0 Å². The van der Waals surface area contributed by atoms with Gasteiger partial charge >= 0.3 is 0 Å². The third-order valence-electron chi connectivity index (χ3n) is 3.63. The van der Waals surface area contributed by atoms with Crippen molar-refractivity contribution in [3.63, 3.8) is 0 Å². The number of rotatable bonds is 2. The molecule has 3 rings (SSSR count). The van der Waals surface area contributed by atoms with Crippen LogP contribution in [0.15, 0.2) is 64.3 Å². The van der Waals surface area contributed by atoms with Crippen molar-refractivity contribution >= 4 is 21.6 Å². The van der Waals surface area contributed by atoms with Crippen LogP contribution in [0.2, 0.25) is 0 Å². The fourth-order valence-electron chi connectivity index (χ4n) is 2.45. The molecular formula is C17H15NO2S. The van der Waals surface area contributed by atoms with Gasteiger partial charge < -0.3 is 4.57 Å². The Kier molecular flexibility index (Phi) is 3.47. The first-order chi connectivity index (χ1) is 10.1. The molecule has 0 aliphatic carbocycles. The molecule has 0 aliphatic heterocycles. The van der Waals surface area contributed by atoms with E-state index in [0.29, 0.717) is 0 Å². The lowest BCUT2D eigenvalue weighted by molar-refractivity contribution is 0.687. The maximum Gasteiger partial charge on any atom is 0.258 e. The Morgan fingerprint density at radius 3 is 2.33 bits per heavy atom. The first kappa shape index (κ1) is 13.8. The minimum absolute atomic E-state index is 0.00811. The van der Waals surface area contributed by atoms with Gasteiger partial charge in [0.15, 0.2) is 0 Å². The fourth-order valence-corrected chi connectivity index (χ4v) is 2.97. The monoisotopic (exact) mass is 297 g/mol. The molecule has 1 aromatic heterocycles. The quantitative estimate of drug-likeness (QED) is 0.729. The zero-order valence-electron chi connectivity index (χ0n) is 11.9. The number of hydrogen-bond acceptors (Lipinski definition) is 2. The van der Waals surface area contributed by atoms with Gasteiger partial charge in [0.1, 0.15) is 0 Å². The number of aromatic nitrogens is 1. The van der Waals surface area contributed by atoms with Gasteiger partial charge in [0, 0.05) is 34.4 Å². The summed E-state index contributed by atoms with van der Waals surface area (Å²) in [7, 11) is 0.780. The average molecular weight is 297 g/mol. The van der Waals surface area contributed by atoms with Crippen LogP contribution in [0.5, 0.6) is 0 Å².